The van der Waals surface area contributed by atoms with Crippen LogP contribution in [0.3, 0.4) is 0 Å². The summed E-state index contributed by atoms with van der Waals surface area (Å²) in [5.41, 5.74) is 5.17. The molecule has 1 amide bonds. The Morgan fingerprint density at radius 2 is 2.18 bits per heavy atom. The number of nitrogens with one attached hydrogen (secondary N) is 1. The van der Waals surface area contributed by atoms with Crippen LogP contribution in [0, 0.1) is 0 Å². The van der Waals surface area contributed by atoms with Crippen LogP contribution in [0.1, 0.15) is 32.2 Å². The largest absolute Gasteiger partial charge is 0.410 e. The number of thioether (sulfide) groups is 1. The Balaban J connectivity index is 2.74. The lowest BCUT2D eigenvalue weighted by molar-refractivity contribution is -0.894. The van der Waals surface area contributed by atoms with Crippen molar-refractivity contribution in [1.29, 1.82) is 0 Å². The molecule has 0 aliphatic carbocycles. The Morgan fingerprint density at radius 1 is 1.53 bits per heavy atom. The van der Waals surface area contributed by atoms with Crippen LogP contribution >= 0.6 is 11.8 Å². The van der Waals surface area contributed by atoms with Crippen molar-refractivity contribution in [3.63, 3.8) is 0 Å². The van der Waals surface area contributed by atoms with Gasteiger partial charge < -0.3 is 15.1 Å². The maximum absolute atomic E-state index is 10.9. The molecule has 1 aromatic heterocycles. The van der Waals surface area contributed by atoms with Gasteiger partial charge >= 0.3 is 0 Å². The van der Waals surface area contributed by atoms with E-state index in [2.05, 4.69) is 17.1 Å². The summed E-state index contributed by atoms with van der Waals surface area (Å²) < 4.78 is 5.53. The topological polar surface area (TPSA) is 86.5 Å². The first-order valence-corrected chi connectivity index (χ1v) is 6.43. The van der Waals surface area contributed by atoms with Crippen LogP contribution in [0.5, 0.6) is 0 Å². The predicted molar refractivity (Wildman–Crippen MR) is 64.7 cm³/mol. The lowest BCUT2D eigenvalue weighted by Gasteiger charge is -2.15. The summed E-state index contributed by atoms with van der Waals surface area (Å²) in [5.74, 6) is 0.215. The van der Waals surface area contributed by atoms with Crippen LogP contribution in [0.4, 0.5) is 0 Å². The zero-order valence-corrected chi connectivity index (χ0v) is 11.4. The Bertz CT molecular complexity index is 380. The molecule has 0 fully saturated rings. The molecule has 2 atom stereocenters. The minimum Gasteiger partial charge on any atom is -0.410 e. The fourth-order valence-corrected chi connectivity index (χ4v) is 2.09. The summed E-state index contributed by atoms with van der Waals surface area (Å²) in [6, 6.07) is 0.181. The van der Waals surface area contributed by atoms with Gasteiger partial charge in [-0.05, 0) is 6.92 Å². The molecule has 6 nitrogen and oxygen atoms in total. The number of hydrogen-bond donors (Lipinski definition) is 2. The summed E-state index contributed by atoms with van der Waals surface area (Å²) in [6.07, 6.45) is 0.917. The van der Waals surface area contributed by atoms with Crippen molar-refractivity contribution in [1.82, 2.24) is 10.2 Å². The van der Waals surface area contributed by atoms with Gasteiger partial charge in [0.1, 0.15) is 0 Å². The molecule has 0 aliphatic rings. The predicted octanol–water partition coefficient (Wildman–Crippen LogP) is -0.369. The summed E-state index contributed by atoms with van der Waals surface area (Å²) >= 11 is 1.19. The first kappa shape index (κ1) is 14.0. The molecule has 7 heteroatoms. The number of amides is 1. The Labute approximate surface area is 105 Å². The van der Waals surface area contributed by atoms with Gasteiger partial charge in [-0.15, -0.1) is 10.2 Å². The maximum Gasteiger partial charge on any atom is 0.277 e. The minimum atomic E-state index is -0.389. The molecular formula is C10H19N4O2S+. The molecule has 0 saturated heterocycles. The van der Waals surface area contributed by atoms with Gasteiger partial charge in [-0.2, -0.15) is 0 Å². The number of quaternary nitrogens is 1. The van der Waals surface area contributed by atoms with Gasteiger partial charge in [0.15, 0.2) is 6.04 Å². The van der Waals surface area contributed by atoms with Gasteiger partial charge in [-0.25, -0.2) is 0 Å². The van der Waals surface area contributed by atoms with Gasteiger partial charge in [0, 0.05) is 6.42 Å². The van der Waals surface area contributed by atoms with Crippen molar-refractivity contribution < 1.29 is 14.1 Å². The number of carbonyl (C=O) groups excluding carboxylic acids is 1. The van der Waals surface area contributed by atoms with Crippen molar-refractivity contribution in [2.45, 2.75) is 36.8 Å². The van der Waals surface area contributed by atoms with E-state index < -0.39 is 0 Å². The highest BCUT2D eigenvalue weighted by atomic mass is 32.2. The maximum atomic E-state index is 10.9. The number of nitrogens with zero attached hydrogens (tertiary/aromatic N) is 2. The molecule has 1 heterocycles. The third-order valence-corrected chi connectivity index (χ3v) is 3.46. The van der Waals surface area contributed by atoms with Crippen molar-refractivity contribution >= 4 is 17.7 Å². The van der Waals surface area contributed by atoms with Crippen molar-refractivity contribution in [3.8, 4) is 0 Å². The smallest absolute Gasteiger partial charge is 0.277 e. The van der Waals surface area contributed by atoms with Crippen LogP contribution < -0.4 is 10.6 Å². The molecule has 3 N–H and O–H groups in total. The van der Waals surface area contributed by atoms with E-state index in [1.165, 1.54) is 16.7 Å². The second-order valence-electron chi connectivity index (χ2n) is 4.11. The summed E-state index contributed by atoms with van der Waals surface area (Å²) in [7, 11) is 4.08. The quantitative estimate of drug-likeness (QED) is 0.681. The monoisotopic (exact) mass is 259 g/mol. The highest BCUT2D eigenvalue weighted by Gasteiger charge is 2.23. The summed E-state index contributed by atoms with van der Waals surface area (Å²) in [5, 5.41) is 7.95. The minimum absolute atomic E-state index is 0.181. The molecule has 0 bridgehead atoms. The average Bonchev–Trinajstić information content (AvgIpc) is 2.66. The van der Waals surface area contributed by atoms with Crippen molar-refractivity contribution in [2.75, 3.05) is 14.1 Å². The van der Waals surface area contributed by atoms with Crippen molar-refractivity contribution in [2.24, 2.45) is 5.73 Å². The van der Waals surface area contributed by atoms with Crippen LogP contribution in [0.15, 0.2) is 9.64 Å². The van der Waals surface area contributed by atoms with Gasteiger partial charge in [0.05, 0.1) is 19.3 Å². The van der Waals surface area contributed by atoms with Gasteiger partial charge in [0.25, 0.3) is 11.1 Å². The fraction of sp³-hybridized carbons (Fsp3) is 0.700. The highest BCUT2D eigenvalue weighted by Crippen LogP contribution is 2.23. The molecule has 0 aliphatic heterocycles. The lowest BCUT2D eigenvalue weighted by atomic mass is 10.2. The number of rotatable bonds is 6. The zero-order chi connectivity index (χ0) is 13.0. The molecule has 0 unspecified atom stereocenters. The average molecular weight is 259 g/mol. The Morgan fingerprint density at radius 3 is 2.65 bits per heavy atom. The molecule has 0 aromatic carbocycles. The van der Waals surface area contributed by atoms with E-state index >= 15 is 0 Å². The third kappa shape index (κ3) is 3.71. The lowest BCUT2D eigenvalue weighted by Crippen LogP contribution is -3.06. The van der Waals surface area contributed by atoms with Gasteiger partial charge in [0.2, 0.25) is 5.91 Å². The number of primary amides is 1. The van der Waals surface area contributed by atoms with Gasteiger partial charge in [-0.3, -0.25) is 4.79 Å². The first-order valence-electron chi connectivity index (χ1n) is 5.55. The van der Waals surface area contributed by atoms with E-state index in [0.29, 0.717) is 11.1 Å². The molecule has 1 rings (SSSR count). The molecular weight excluding hydrogens is 240 g/mol. The van der Waals surface area contributed by atoms with E-state index in [9.17, 15) is 4.79 Å². The molecule has 0 saturated carbocycles. The van der Waals surface area contributed by atoms with E-state index in [4.69, 9.17) is 10.2 Å². The summed E-state index contributed by atoms with van der Waals surface area (Å²) in [4.78, 5) is 12.1. The third-order valence-electron chi connectivity index (χ3n) is 2.50. The van der Waals surface area contributed by atoms with Crippen LogP contribution in [-0.2, 0) is 4.79 Å². The molecule has 0 spiro atoms. The van der Waals surface area contributed by atoms with Crippen LogP contribution in [0.25, 0.3) is 0 Å². The normalized spacial score (nSPS) is 14.9. The van der Waals surface area contributed by atoms with Crippen LogP contribution in [-0.4, -0.2) is 35.4 Å². The second kappa shape index (κ2) is 6.02. The Kier molecular flexibility index (Phi) is 4.95. The van der Waals surface area contributed by atoms with E-state index in [-0.39, 0.29) is 17.2 Å². The molecule has 17 heavy (non-hydrogen) atoms. The molecule has 96 valence electrons. The zero-order valence-electron chi connectivity index (χ0n) is 10.6. The molecule has 1 aromatic rings. The highest BCUT2D eigenvalue weighted by molar-refractivity contribution is 8.00. The van der Waals surface area contributed by atoms with E-state index in [1.54, 1.807) is 6.92 Å². The SMILES string of the molecule is CC[C@@H](c1nnc(S[C@H](C)C(N)=O)o1)[NH+](C)C. The Hall–Kier alpha value is -1.08. The number of hydrogen-bond acceptors (Lipinski definition) is 5. The fourth-order valence-electron chi connectivity index (χ4n) is 1.45. The second-order valence-corrected chi connectivity index (χ2v) is 5.40. The number of aromatic nitrogens is 2. The van der Waals surface area contributed by atoms with Gasteiger partial charge in [-0.1, -0.05) is 18.7 Å². The number of nitrogens with two attached hydrogens (primary N) is 1. The molecule has 0 radical (unpaired) electrons. The van der Waals surface area contributed by atoms with E-state index in [0.717, 1.165) is 6.42 Å². The van der Waals surface area contributed by atoms with Crippen LogP contribution in [0.2, 0.25) is 0 Å². The standard InChI is InChI=1S/C10H18N4O2S/c1-5-7(14(3)4)9-12-13-10(16-9)17-6(2)8(11)15/h6-7H,5H2,1-4H3,(H2,11,15)/p+1/t6-,7+/m1/s1. The summed E-state index contributed by atoms with van der Waals surface area (Å²) in [6.45, 7) is 3.78. The van der Waals surface area contributed by atoms with Crippen molar-refractivity contribution in [3.05, 3.63) is 5.89 Å². The first-order chi connectivity index (χ1) is 7.95. The number of carbonyl (C=O) groups is 1. The van der Waals surface area contributed by atoms with E-state index in [1.807, 2.05) is 14.1 Å².